The summed E-state index contributed by atoms with van der Waals surface area (Å²) in [5.41, 5.74) is 5.60. The van der Waals surface area contributed by atoms with Crippen LogP contribution >= 0.6 is 0 Å². The van der Waals surface area contributed by atoms with Crippen molar-refractivity contribution in [2.75, 3.05) is 49.5 Å². The molecule has 10 nitrogen and oxygen atoms in total. The fraction of sp³-hybridized carbons (Fsp3) is 0.641. The minimum atomic E-state index is -0.562. The van der Waals surface area contributed by atoms with Crippen molar-refractivity contribution in [3.63, 3.8) is 0 Å². The Morgan fingerprint density at radius 3 is 2.45 bits per heavy atom. The van der Waals surface area contributed by atoms with E-state index in [1.54, 1.807) is 0 Å². The van der Waals surface area contributed by atoms with Crippen LogP contribution in [0.15, 0.2) is 30.6 Å². The first-order valence-electron chi connectivity index (χ1n) is 19.3. The number of hydrogen-bond donors (Lipinski definition) is 2. The molecule has 2 amide bonds. The number of nitrogens with zero attached hydrogens (tertiary/aromatic N) is 6. The van der Waals surface area contributed by atoms with Crippen LogP contribution in [-0.2, 0) is 15.0 Å². The third-order valence-corrected chi connectivity index (χ3v) is 13.4. The molecule has 10 rings (SSSR count). The van der Waals surface area contributed by atoms with E-state index >= 15 is 0 Å². The van der Waals surface area contributed by atoms with Gasteiger partial charge in [0, 0.05) is 54.4 Å². The molecule has 3 saturated heterocycles. The lowest BCUT2D eigenvalue weighted by atomic mass is 9.73. The molecule has 6 heterocycles. The number of imidazole rings is 1. The molecule has 2 atom stereocenters. The highest BCUT2D eigenvalue weighted by atomic mass is 16.2. The van der Waals surface area contributed by atoms with E-state index in [-0.39, 0.29) is 23.9 Å². The van der Waals surface area contributed by atoms with Crippen LogP contribution in [-0.4, -0.2) is 93.5 Å². The number of hydrogen-bond acceptors (Lipinski definition) is 7. The van der Waals surface area contributed by atoms with Gasteiger partial charge in [0.05, 0.1) is 23.0 Å². The largest absolute Gasteiger partial charge is 0.366 e. The van der Waals surface area contributed by atoms with Crippen molar-refractivity contribution in [2.45, 2.75) is 101 Å². The SMILES string of the molecule is CC(C)n1cnc2cc(-c3ccc4c(c3)N([C@H]3C[C@@H](N5CCCCC5)C3)C(=O)C43CCN(C(=O)C4C5CNCC54)CC3)nc(NC3CC3)c21. The van der Waals surface area contributed by atoms with Crippen molar-refractivity contribution < 1.29 is 9.59 Å². The lowest BCUT2D eigenvalue weighted by Gasteiger charge is -2.48. The van der Waals surface area contributed by atoms with E-state index in [0.29, 0.717) is 55.8 Å². The van der Waals surface area contributed by atoms with Gasteiger partial charge < -0.3 is 29.9 Å². The lowest BCUT2D eigenvalue weighted by molar-refractivity contribution is -0.137. The summed E-state index contributed by atoms with van der Waals surface area (Å²) in [5.74, 6) is 2.72. The lowest BCUT2D eigenvalue weighted by Crippen LogP contribution is -2.58. The van der Waals surface area contributed by atoms with Crippen LogP contribution in [0, 0.1) is 17.8 Å². The number of benzene rings is 1. The van der Waals surface area contributed by atoms with Gasteiger partial charge in [-0.15, -0.1) is 0 Å². The van der Waals surface area contributed by atoms with Gasteiger partial charge in [0.15, 0.2) is 5.82 Å². The first-order chi connectivity index (χ1) is 23.9. The molecule has 3 aromatic rings. The molecule has 10 heteroatoms. The van der Waals surface area contributed by atoms with Crippen LogP contribution in [0.3, 0.4) is 0 Å². The third-order valence-electron chi connectivity index (χ3n) is 13.4. The highest BCUT2D eigenvalue weighted by Crippen LogP contribution is 2.54. The summed E-state index contributed by atoms with van der Waals surface area (Å²) >= 11 is 0. The second kappa shape index (κ2) is 11.3. The van der Waals surface area contributed by atoms with E-state index < -0.39 is 5.41 Å². The second-order valence-corrected chi connectivity index (χ2v) is 16.6. The first kappa shape index (κ1) is 30.3. The van der Waals surface area contributed by atoms with Crippen LogP contribution in [0.2, 0.25) is 0 Å². The van der Waals surface area contributed by atoms with E-state index in [1.807, 2.05) is 6.33 Å². The van der Waals surface area contributed by atoms with Crippen molar-refractivity contribution in [3.8, 4) is 11.3 Å². The van der Waals surface area contributed by atoms with Gasteiger partial charge >= 0.3 is 0 Å². The molecule has 3 aliphatic carbocycles. The van der Waals surface area contributed by atoms with E-state index in [1.165, 1.54) is 45.2 Å². The summed E-state index contributed by atoms with van der Waals surface area (Å²) in [4.78, 5) is 45.4. The van der Waals surface area contributed by atoms with Gasteiger partial charge in [0.1, 0.15) is 5.52 Å². The summed E-state index contributed by atoms with van der Waals surface area (Å²) in [6.07, 6.45) is 11.7. The van der Waals surface area contributed by atoms with Crippen LogP contribution in [0.4, 0.5) is 11.5 Å². The fourth-order valence-electron chi connectivity index (χ4n) is 10.2. The minimum Gasteiger partial charge on any atom is -0.366 e. The number of fused-ring (bicyclic) bond motifs is 4. The zero-order valence-electron chi connectivity index (χ0n) is 29.0. The van der Waals surface area contributed by atoms with Crippen LogP contribution < -0.4 is 15.5 Å². The van der Waals surface area contributed by atoms with Crippen LogP contribution in [0.25, 0.3) is 22.3 Å². The molecule has 1 aromatic carbocycles. The Hall–Kier alpha value is -3.50. The molecule has 258 valence electrons. The number of carbonyl (C=O) groups is 2. The molecular formula is C39H50N8O2. The van der Waals surface area contributed by atoms with E-state index in [4.69, 9.17) is 9.97 Å². The number of piperidine rings is 3. The number of amides is 2. The summed E-state index contributed by atoms with van der Waals surface area (Å²) < 4.78 is 2.21. The number of aromatic nitrogens is 3. The van der Waals surface area contributed by atoms with Gasteiger partial charge in [-0.2, -0.15) is 0 Å². The average molecular weight is 663 g/mol. The van der Waals surface area contributed by atoms with Gasteiger partial charge in [0.2, 0.25) is 11.8 Å². The highest BCUT2D eigenvalue weighted by Gasteiger charge is 2.60. The van der Waals surface area contributed by atoms with Gasteiger partial charge in [-0.25, -0.2) is 9.97 Å². The molecule has 2 unspecified atom stereocenters. The van der Waals surface area contributed by atoms with E-state index in [9.17, 15) is 9.59 Å². The normalized spacial score (nSPS) is 30.6. The molecule has 2 N–H and O–H groups in total. The minimum absolute atomic E-state index is 0.193. The predicted molar refractivity (Wildman–Crippen MR) is 191 cm³/mol. The Balaban J connectivity index is 0.985. The fourth-order valence-corrected chi connectivity index (χ4v) is 10.2. The molecule has 3 saturated carbocycles. The number of carbonyl (C=O) groups excluding carboxylic acids is 2. The Labute approximate surface area is 289 Å². The van der Waals surface area contributed by atoms with Crippen LogP contribution in [0.1, 0.15) is 83.2 Å². The maximum atomic E-state index is 14.9. The molecular weight excluding hydrogens is 612 g/mol. The summed E-state index contributed by atoms with van der Waals surface area (Å²) in [6.45, 7) is 10.0. The molecule has 0 radical (unpaired) electrons. The Kier molecular flexibility index (Phi) is 6.97. The smallest absolute Gasteiger partial charge is 0.238 e. The Morgan fingerprint density at radius 1 is 0.980 bits per heavy atom. The Bertz CT molecular complexity index is 1800. The van der Waals surface area contributed by atoms with E-state index in [0.717, 1.165) is 65.3 Å². The molecule has 49 heavy (non-hydrogen) atoms. The maximum Gasteiger partial charge on any atom is 0.238 e. The van der Waals surface area contributed by atoms with E-state index in [2.05, 4.69) is 68.0 Å². The quantitative estimate of drug-likeness (QED) is 0.370. The maximum absolute atomic E-state index is 14.9. The number of nitrogens with one attached hydrogen (secondary N) is 2. The van der Waals surface area contributed by atoms with Gasteiger partial charge in [-0.05, 0) is 121 Å². The molecule has 6 fully saturated rings. The first-order valence-corrected chi connectivity index (χ1v) is 19.3. The van der Waals surface area contributed by atoms with Crippen molar-refractivity contribution >= 4 is 34.4 Å². The van der Waals surface area contributed by atoms with Crippen molar-refractivity contribution in [1.29, 1.82) is 0 Å². The average Bonchev–Trinajstić information content (AvgIpc) is 3.90. The summed E-state index contributed by atoms with van der Waals surface area (Å²) in [5, 5.41) is 7.12. The van der Waals surface area contributed by atoms with Gasteiger partial charge in [0.25, 0.3) is 0 Å². The summed E-state index contributed by atoms with van der Waals surface area (Å²) in [7, 11) is 0. The third kappa shape index (κ3) is 4.79. The number of pyridine rings is 1. The molecule has 1 spiro atoms. The Morgan fingerprint density at radius 2 is 1.73 bits per heavy atom. The van der Waals surface area contributed by atoms with Crippen molar-refractivity contribution in [3.05, 3.63) is 36.2 Å². The molecule has 4 aliphatic heterocycles. The summed E-state index contributed by atoms with van der Waals surface area (Å²) in [6, 6.07) is 10.3. The second-order valence-electron chi connectivity index (χ2n) is 16.6. The van der Waals surface area contributed by atoms with Gasteiger partial charge in [-0.1, -0.05) is 18.6 Å². The molecule has 7 aliphatic rings. The van der Waals surface area contributed by atoms with Crippen molar-refractivity contribution in [1.82, 2.24) is 29.7 Å². The topological polar surface area (TPSA) is 98.6 Å². The monoisotopic (exact) mass is 662 g/mol. The van der Waals surface area contributed by atoms with Crippen LogP contribution in [0.5, 0.6) is 0 Å². The van der Waals surface area contributed by atoms with Gasteiger partial charge in [-0.3, -0.25) is 9.59 Å². The number of likely N-dealkylation sites (tertiary alicyclic amines) is 2. The number of anilines is 2. The van der Waals surface area contributed by atoms with Crippen molar-refractivity contribution in [2.24, 2.45) is 17.8 Å². The predicted octanol–water partition coefficient (Wildman–Crippen LogP) is 4.94. The molecule has 2 aromatic heterocycles. The standard InChI is InChI=1S/C39H50N8O2/c1-23(2)46-22-41-32-19-31(43-36(35(32)46)42-25-7-8-25)24-6-9-30-33(16-24)47(27-17-26(18-27)44-12-4-3-5-13-44)38(49)39(30)10-14-45(15-11-39)37(48)34-28-20-40-21-29(28)34/h6,9,16,19,22-23,25-29,34,40H,3-5,7-8,10-15,17-18,20-21H2,1-2H3,(H,42,43)/t26-,27+,28?,29?,34?. The molecule has 0 bridgehead atoms. The highest BCUT2D eigenvalue weighted by molar-refractivity contribution is 6.09. The zero-order chi connectivity index (χ0) is 33.0. The zero-order valence-corrected chi connectivity index (χ0v) is 29.0. The number of rotatable bonds is 7.